The van der Waals surface area contributed by atoms with Gasteiger partial charge in [-0.2, -0.15) is 0 Å². The van der Waals surface area contributed by atoms with E-state index in [2.05, 4.69) is 0 Å². The molecule has 0 radical (unpaired) electrons. The van der Waals surface area contributed by atoms with Crippen LogP contribution in [0.1, 0.15) is 32.6 Å². The Morgan fingerprint density at radius 1 is 1.27 bits per heavy atom. The van der Waals surface area contributed by atoms with Crippen molar-refractivity contribution in [3.05, 3.63) is 0 Å². The van der Waals surface area contributed by atoms with Crippen LogP contribution in [0.15, 0.2) is 0 Å². The molecule has 0 amide bonds. The molecular formula is C10H20O4S. The molecule has 1 aliphatic carbocycles. The lowest BCUT2D eigenvalue weighted by molar-refractivity contribution is -0.0170. The van der Waals surface area contributed by atoms with Crippen LogP contribution < -0.4 is 0 Å². The van der Waals surface area contributed by atoms with E-state index in [-0.39, 0.29) is 11.2 Å². The number of hydrogen-bond acceptors (Lipinski definition) is 4. The Morgan fingerprint density at radius 2 is 1.87 bits per heavy atom. The number of sulfone groups is 1. The van der Waals surface area contributed by atoms with Gasteiger partial charge in [-0.15, -0.1) is 0 Å². The Labute approximate surface area is 91.2 Å². The minimum Gasteiger partial charge on any atom is -0.391 e. The van der Waals surface area contributed by atoms with Crippen LogP contribution in [0.2, 0.25) is 0 Å². The van der Waals surface area contributed by atoms with E-state index in [4.69, 9.17) is 0 Å². The number of rotatable bonds is 3. The van der Waals surface area contributed by atoms with Crippen LogP contribution in [0.4, 0.5) is 0 Å². The maximum Gasteiger partial charge on any atom is 0.150 e. The Morgan fingerprint density at radius 3 is 2.33 bits per heavy atom. The van der Waals surface area contributed by atoms with Crippen molar-refractivity contribution in [1.29, 1.82) is 0 Å². The summed E-state index contributed by atoms with van der Waals surface area (Å²) in [5.41, 5.74) is 0. The Bertz CT molecular complexity index is 297. The molecule has 2 N–H and O–H groups in total. The van der Waals surface area contributed by atoms with Gasteiger partial charge in [-0.05, 0) is 32.1 Å². The average molecular weight is 236 g/mol. The molecule has 0 aromatic heterocycles. The zero-order valence-corrected chi connectivity index (χ0v) is 10.1. The van der Waals surface area contributed by atoms with Crippen LogP contribution in [-0.2, 0) is 9.84 Å². The van der Waals surface area contributed by atoms with E-state index in [0.717, 1.165) is 12.8 Å². The Hall–Kier alpha value is -0.130. The number of aliphatic hydroxyl groups excluding tert-OH is 2. The van der Waals surface area contributed by atoms with Crippen LogP contribution >= 0.6 is 0 Å². The lowest BCUT2D eigenvalue weighted by atomic mass is 9.83. The van der Waals surface area contributed by atoms with Crippen molar-refractivity contribution in [2.24, 2.45) is 5.92 Å². The quantitative estimate of drug-likeness (QED) is 0.740. The van der Waals surface area contributed by atoms with E-state index in [0.29, 0.717) is 12.8 Å². The second kappa shape index (κ2) is 4.80. The molecule has 0 saturated heterocycles. The first-order valence-electron chi connectivity index (χ1n) is 5.37. The van der Waals surface area contributed by atoms with Gasteiger partial charge in [0.2, 0.25) is 0 Å². The van der Waals surface area contributed by atoms with Crippen molar-refractivity contribution in [2.75, 3.05) is 6.26 Å². The highest BCUT2D eigenvalue weighted by atomic mass is 32.2. The first-order valence-corrected chi connectivity index (χ1v) is 7.33. The standard InChI is InChI=1S/C10H20O4S/c1-7(11)10(12)8-4-3-5-9(6-8)15(2,13)14/h7-12H,3-6H2,1-2H3. The monoisotopic (exact) mass is 236 g/mol. The second-order valence-corrected chi connectivity index (χ2v) is 6.94. The van der Waals surface area contributed by atoms with E-state index in [1.807, 2.05) is 0 Å². The summed E-state index contributed by atoms with van der Waals surface area (Å²) in [5.74, 6) is -0.0847. The molecule has 5 heteroatoms. The van der Waals surface area contributed by atoms with Crippen LogP contribution in [0.5, 0.6) is 0 Å². The average Bonchev–Trinajstić information content (AvgIpc) is 2.15. The molecule has 4 nitrogen and oxygen atoms in total. The van der Waals surface area contributed by atoms with Crippen molar-refractivity contribution in [1.82, 2.24) is 0 Å². The third-order valence-corrected chi connectivity index (χ3v) is 4.89. The molecular weight excluding hydrogens is 216 g/mol. The van der Waals surface area contributed by atoms with Gasteiger partial charge in [-0.1, -0.05) is 6.42 Å². The topological polar surface area (TPSA) is 74.6 Å². The Balaban J connectivity index is 2.64. The molecule has 0 aromatic rings. The summed E-state index contributed by atoms with van der Waals surface area (Å²) in [6.45, 7) is 1.54. The third-order valence-electron chi connectivity index (χ3n) is 3.25. The van der Waals surface area contributed by atoms with Gasteiger partial charge in [-0.3, -0.25) is 0 Å². The normalized spacial score (nSPS) is 32.3. The van der Waals surface area contributed by atoms with Crippen LogP contribution in [-0.4, -0.2) is 42.3 Å². The third kappa shape index (κ3) is 3.43. The summed E-state index contributed by atoms with van der Waals surface area (Å²) in [5, 5.41) is 18.6. The van der Waals surface area contributed by atoms with Crippen molar-refractivity contribution in [2.45, 2.75) is 50.1 Å². The molecule has 0 heterocycles. The van der Waals surface area contributed by atoms with Gasteiger partial charge in [0.1, 0.15) is 9.84 Å². The zero-order valence-electron chi connectivity index (χ0n) is 9.26. The first kappa shape index (κ1) is 12.9. The highest BCUT2D eigenvalue weighted by Gasteiger charge is 2.33. The fraction of sp³-hybridized carbons (Fsp3) is 1.00. The van der Waals surface area contributed by atoms with E-state index < -0.39 is 22.0 Å². The van der Waals surface area contributed by atoms with E-state index in [9.17, 15) is 18.6 Å². The first-order chi connectivity index (χ1) is 6.82. The SMILES string of the molecule is CC(O)C(O)C1CCCC(S(C)(=O)=O)C1. The smallest absolute Gasteiger partial charge is 0.150 e. The molecule has 1 aliphatic rings. The van der Waals surface area contributed by atoms with Gasteiger partial charge in [0.05, 0.1) is 17.5 Å². The van der Waals surface area contributed by atoms with Crippen LogP contribution in [0.3, 0.4) is 0 Å². The van der Waals surface area contributed by atoms with Gasteiger partial charge in [0, 0.05) is 6.26 Å². The second-order valence-electron chi connectivity index (χ2n) is 4.61. The lowest BCUT2D eigenvalue weighted by Gasteiger charge is -2.32. The summed E-state index contributed by atoms with van der Waals surface area (Å²) in [4.78, 5) is 0. The summed E-state index contributed by atoms with van der Waals surface area (Å²) in [7, 11) is -3.01. The van der Waals surface area contributed by atoms with Crippen LogP contribution in [0.25, 0.3) is 0 Å². The summed E-state index contributed by atoms with van der Waals surface area (Å²) in [6.07, 6.45) is 2.44. The summed E-state index contributed by atoms with van der Waals surface area (Å²) < 4.78 is 22.8. The molecule has 1 rings (SSSR count). The van der Waals surface area contributed by atoms with Gasteiger partial charge < -0.3 is 10.2 Å². The molecule has 0 spiro atoms. The molecule has 0 bridgehead atoms. The fourth-order valence-electron chi connectivity index (χ4n) is 2.27. The van der Waals surface area contributed by atoms with Gasteiger partial charge in [-0.25, -0.2) is 8.42 Å². The largest absolute Gasteiger partial charge is 0.391 e. The molecule has 0 aliphatic heterocycles. The maximum absolute atomic E-state index is 11.4. The van der Waals surface area contributed by atoms with E-state index in [1.165, 1.54) is 13.2 Å². The molecule has 15 heavy (non-hydrogen) atoms. The Kier molecular flexibility index (Phi) is 4.14. The zero-order chi connectivity index (χ0) is 11.6. The number of aliphatic hydroxyl groups is 2. The van der Waals surface area contributed by atoms with Gasteiger partial charge in [0.25, 0.3) is 0 Å². The minimum absolute atomic E-state index is 0.0847. The molecule has 0 aromatic carbocycles. The maximum atomic E-state index is 11.4. The predicted octanol–water partition coefficient (Wildman–Crippen LogP) is 0.332. The number of hydrogen-bond donors (Lipinski definition) is 2. The fourth-order valence-corrected chi connectivity index (χ4v) is 3.47. The van der Waals surface area contributed by atoms with Crippen molar-refractivity contribution in [3.8, 4) is 0 Å². The predicted molar refractivity (Wildman–Crippen MR) is 58.3 cm³/mol. The van der Waals surface area contributed by atoms with Crippen molar-refractivity contribution < 1.29 is 18.6 Å². The summed E-state index contributed by atoms with van der Waals surface area (Å²) >= 11 is 0. The van der Waals surface area contributed by atoms with Crippen molar-refractivity contribution >= 4 is 9.84 Å². The minimum atomic E-state index is -3.01. The van der Waals surface area contributed by atoms with Crippen molar-refractivity contribution in [3.63, 3.8) is 0 Å². The molecule has 1 fully saturated rings. The van der Waals surface area contributed by atoms with E-state index in [1.54, 1.807) is 0 Å². The van der Waals surface area contributed by atoms with Crippen LogP contribution in [0, 0.1) is 5.92 Å². The van der Waals surface area contributed by atoms with Gasteiger partial charge in [0.15, 0.2) is 0 Å². The van der Waals surface area contributed by atoms with Gasteiger partial charge >= 0.3 is 0 Å². The summed E-state index contributed by atoms with van der Waals surface area (Å²) in [6, 6.07) is 0. The molecule has 1 saturated carbocycles. The molecule has 90 valence electrons. The highest BCUT2D eigenvalue weighted by Crippen LogP contribution is 2.31. The molecule has 4 atom stereocenters. The molecule has 4 unspecified atom stereocenters. The van der Waals surface area contributed by atoms with E-state index >= 15 is 0 Å². The lowest BCUT2D eigenvalue weighted by Crippen LogP contribution is -2.38. The highest BCUT2D eigenvalue weighted by molar-refractivity contribution is 7.91.